The van der Waals surface area contributed by atoms with Gasteiger partial charge in [0.1, 0.15) is 0 Å². The molecule has 3 nitrogen and oxygen atoms in total. The fourth-order valence-corrected chi connectivity index (χ4v) is 2.23. The predicted molar refractivity (Wildman–Crippen MR) is 76.0 cm³/mol. The number of aryl methyl sites for hydroxylation is 2. The van der Waals surface area contributed by atoms with Gasteiger partial charge in [0, 0.05) is 13.0 Å². The Morgan fingerprint density at radius 3 is 2.39 bits per heavy atom. The van der Waals surface area contributed by atoms with Crippen molar-refractivity contribution in [2.24, 2.45) is 11.3 Å². The molecule has 0 fully saturated rings. The van der Waals surface area contributed by atoms with Gasteiger partial charge in [0.05, 0.1) is 22.5 Å². The molecule has 2 atom stereocenters. The molecule has 2 unspecified atom stereocenters. The first-order valence-electron chi connectivity index (χ1n) is 6.58. The summed E-state index contributed by atoms with van der Waals surface area (Å²) in [7, 11) is 0. The number of aromatic nitrogens is 2. The van der Waals surface area contributed by atoms with Gasteiger partial charge in [0.25, 0.3) is 0 Å². The summed E-state index contributed by atoms with van der Waals surface area (Å²) in [5, 5.41) is 15.4. The van der Waals surface area contributed by atoms with Crippen LogP contribution in [0.2, 0.25) is 5.02 Å². The van der Waals surface area contributed by atoms with Crippen molar-refractivity contribution in [3.63, 3.8) is 0 Å². The van der Waals surface area contributed by atoms with Crippen molar-refractivity contribution in [1.29, 1.82) is 0 Å². The molecular formula is C14H25ClN2O. The van der Waals surface area contributed by atoms with Crippen LogP contribution in [-0.4, -0.2) is 21.0 Å². The van der Waals surface area contributed by atoms with Crippen LogP contribution in [0.5, 0.6) is 0 Å². The molecule has 0 saturated carbocycles. The van der Waals surface area contributed by atoms with Crippen molar-refractivity contribution in [3.05, 3.63) is 16.4 Å². The minimum Gasteiger partial charge on any atom is -0.392 e. The maximum absolute atomic E-state index is 10.4. The lowest BCUT2D eigenvalue weighted by atomic mass is 9.77. The summed E-state index contributed by atoms with van der Waals surface area (Å²) < 4.78 is 1.89. The van der Waals surface area contributed by atoms with Crippen molar-refractivity contribution in [2.75, 3.05) is 0 Å². The molecule has 0 aromatic carbocycles. The highest BCUT2D eigenvalue weighted by Crippen LogP contribution is 2.31. The van der Waals surface area contributed by atoms with Gasteiger partial charge in [-0.2, -0.15) is 5.10 Å². The molecule has 0 aliphatic rings. The third kappa shape index (κ3) is 3.27. The van der Waals surface area contributed by atoms with Crippen LogP contribution < -0.4 is 0 Å². The van der Waals surface area contributed by atoms with E-state index >= 15 is 0 Å². The van der Waals surface area contributed by atoms with E-state index in [0.717, 1.165) is 17.9 Å². The number of rotatable bonds is 4. The second-order valence-electron chi connectivity index (χ2n) is 6.09. The number of hydrogen-bond donors (Lipinski definition) is 1. The topological polar surface area (TPSA) is 38.0 Å². The molecule has 1 heterocycles. The Bertz CT molecular complexity index is 407. The SMILES string of the molecule is CCn1nc(C)c(Cl)c1CC(O)C(C)C(C)(C)C. The van der Waals surface area contributed by atoms with E-state index in [1.165, 1.54) is 0 Å². The second kappa shape index (κ2) is 5.62. The lowest BCUT2D eigenvalue weighted by molar-refractivity contribution is 0.0531. The summed E-state index contributed by atoms with van der Waals surface area (Å²) in [5.41, 5.74) is 1.86. The first-order chi connectivity index (χ1) is 8.18. The highest BCUT2D eigenvalue weighted by Gasteiger charge is 2.28. The summed E-state index contributed by atoms with van der Waals surface area (Å²) >= 11 is 6.26. The van der Waals surface area contributed by atoms with Crippen LogP contribution in [0.3, 0.4) is 0 Å². The van der Waals surface area contributed by atoms with Crippen LogP contribution in [0.1, 0.15) is 46.0 Å². The van der Waals surface area contributed by atoms with Crippen molar-refractivity contribution in [1.82, 2.24) is 9.78 Å². The zero-order chi connectivity index (χ0) is 14.1. The van der Waals surface area contributed by atoms with E-state index in [2.05, 4.69) is 32.8 Å². The molecule has 1 N–H and O–H groups in total. The molecule has 0 bridgehead atoms. The monoisotopic (exact) mass is 272 g/mol. The van der Waals surface area contributed by atoms with E-state index in [-0.39, 0.29) is 11.3 Å². The van der Waals surface area contributed by atoms with Crippen molar-refractivity contribution in [3.8, 4) is 0 Å². The normalized spacial score (nSPS) is 15.8. The maximum atomic E-state index is 10.4. The van der Waals surface area contributed by atoms with Gasteiger partial charge < -0.3 is 5.11 Å². The van der Waals surface area contributed by atoms with E-state index in [1.807, 2.05) is 18.5 Å². The molecule has 18 heavy (non-hydrogen) atoms. The molecule has 1 aromatic rings. The Balaban J connectivity index is 2.91. The van der Waals surface area contributed by atoms with Gasteiger partial charge in [-0.1, -0.05) is 39.3 Å². The van der Waals surface area contributed by atoms with Gasteiger partial charge >= 0.3 is 0 Å². The fourth-order valence-electron chi connectivity index (χ4n) is 2.02. The Labute approximate surface area is 115 Å². The summed E-state index contributed by atoms with van der Waals surface area (Å²) in [6.07, 6.45) is 0.162. The average molecular weight is 273 g/mol. The molecule has 0 aliphatic heterocycles. The first-order valence-corrected chi connectivity index (χ1v) is 6.96. The molecule has 1 rings (SSSR count). The zero-order valence-corrected chi connectivity index (χ0v) is 13.0. The Kier molecular flexibility index (Phi) is 4.84. The first kappa shape index (κ1) is 15.5. The second-order valence-corrected chi connectivity index (χ2v) is 6.47. The largest absolute Gasteiger partial charge is 0.392 e. The fraction of sp³-hybridized carbons (Fsp3) is 0.786. The van der Waals surface area contributed by atoms with Crippen LogP contribution in [0.15, 0.2) is 0 Å². The van der Waals surface area contributed by atoms with Crippen LogP contribution >= 0.6 is 11.6 Å². The third-order valence-corrected chi connectivity index (χ3v) is 4.29. The minimum absolute atomic E-state index is 0.0814. The summed E-state index contributed by atoms with van der Waals surface area (Å²) in [5.74, 6) is 0.203. The minimum atomic E-state index is -0.399. The standard InChI is InChI=1S/C14H25ClN2O/c1-7-17-11(13(15)10(3)16-17)8-12(18)9(2)14(4,5)6/h9,12,18H,7-8H2,1-6H3. The quantitative estimate of drug-likeness (QED) is 0.912. The number of aliphatic hydroxyl groups is 1. The predicted octanol–water partition coefficient (Wildman–Crippen LogP) is 3.45. The van der Waals surface area contributed by atoms with Crippen molar-refractivity contribution in [2.45, 2.75) is 60.6 Å². The van der Waals surface area contributed by atoms with Gasteiger partial charge in [0.15, 0.2) is 0 Å². The van der Waals surface area contributed by atoms with Gasteiger partial charge in [-0.15, -0.1) is 0 Å². The highest BCUT2D eigenvalue weighted by molar-refractivity contribution is 6.31. The average Bonchev–Trinajstić information content (AvgIpc) is 2.54. The summed E-state index contributed by atoms with van der Waals surface area (Å²) in [6, 6.07) is 0. The molecule has 104 valence electrons. The highest BCUT2D eigenvalue weighted by atomic mass is 35.5. The molecule has 0 amide bonds. The van der Waals surface area contributed by atoms with Gasteiger partial charge in [-0.3, -0.25) is 4.68 Å². The van der Waals surface area contributed by atoms with Gasteiger partial charge in [-0.25, -0.2) is 0 Å². The lowest BCUT2D eigenvalue weighted by Crippen LogP contribution is -2.32. The summed E-state index contributed by atoms with van der Waals surface area (Å²) in [6.45, 7) is 13.2. The number of aliphatic hydroxyl groups excluding tert-OH is 1. The van der Waals surface area contributed by atoms with Crippen LogP contribution in [-0.2, 0) is 13.0 Å². The molecule has 0 spiro atoms. The maximum Gasteiger partial charge on any atom is 0.0848 e. The Morgan fingerprint density at radius 1 is 1.39 bits per heavy atom. The van der Waals surface area contributed by atoms with Crippen molar-refractivity contribution >= 4 is 11.6 Å². The molecule has 4 heteroatoms. The van der Waals surface area contributed by atoms with Crippen molar-refractivity contribution < 1.29 is 5.11 Å². The zero-order valence-electron chi connectivity index (χ0n) is 12.3. The molecule has 0 aliphatic carbocycles. The van der Waals surface area contributed by atoms with Crippen LogP contribution in [0.25, 0.3) is 0 Å². The lowest BCUT2D eigenvalue weighted by Gasteiger charge is -2.31. The number of halogens is 1. The molecule has 1 aromatic heterocycles. The van der Waals surface area contributed by atoms with Crippen LogP contribution in [0.4, 0.5) is 0 Å². The molecular weight excluding hydrogens is 248 g/mol. The van der Waals surface area contributed by atoms with Crippen LogP contribution in [0, 0.1) is 18.3 Å². The Morgan fingerprint density at radius 2 is 1.94 bits per heavy atom. The van der Waals surface area contributed by atoms with E-state index in [1.54, 1.807) is 0 Å². The van der Waals surface area contributed by atoms with E-state index < -0.39 is 6.10 Å². The third-order valence-electron chi connectivity index (χ3n) is 3.80. The summed E-state index contributed by atoms with van der Waals surface area (Å²) in [4.78, 5) is 0. The Hall–Kier alpha value is -0.540. The number of nitrogens with zero attached hydrogens (tertiary/aromatic N) is 2. The van der Waals surface area contributed by atoms with Gasteiger partial charge in [0.2, 0.25) is 0 Å². The van der Waals surface area contributed by atoms with E-state index in [9.17, 15) is 5.11 Å². The van der Waals surface area contributed by atoms with E-state index in [4.69, 9.17) is 11.6 Å². The molecule has 0 radical (unpaired) electrons. The molecule has 0 saturated heterocycles. The van der Waals surface area contributed by atoms with Gasteiger partial charge in [-0.05, 0) is 25.2 Å². The number of hydrogen-bond acceptors (Lipinski definition) is 2. The van der Waals surface area contributed by atoms with E-state index in [0.29, 0.717) is 11.4 Å². The smallest absolute Gasteiger partial charge is 0.0848 e.